The van der Waals surface area contributed by atoms with Gasteiger partial charge in [0.1, 0.15) is 30.2 Å². The van der Waals surface area contributed by atoms with Gasteiger partial charge >= 0.3 is 15.2 Å². The van der Waals surface area contributed by atoms with Crippen molar-refractivity contribution in [1.29, 1.82) is 0 Å². The molecular formula is C11H16FN5O9P2. The van der Waals surface area contributed by atoms with Crippen molar-refractivity contribution in [2.75, 3.05) is 5.73 Å². The fraction of sp³-hybridized carbons (Fsp3) is 0.545. The number of nitrogen functional groups attached to an aromatic ring is 1. The third kappa shape index (κ3) is 3.56. The van der Waals surface area contributed by atoms with Gasteiger partial charge in [0.2, 0.25) is 0 Å². The summed E-state index contributed by atoms with van der Waals surface area (Å²) in [7, 11) is -11.2. The first kappa shape index (κ1) is 21.2. The molecule has 14 nitrogen and oxygen atoms in total. The van der Waals surface area contributed by atoms with Gasteiger partial charge in [0.15, 0.2) is 29.3 Å². The van der Waals surface area contributed by atoms with E-state index in [1.54, 1.807) is 0 Å². The molecule has 1 fully saturated rings. The summed E-state index contributed by atoms with van der Waals surface area (Å²) in [5, 5.41) is 17.3. The maximum absolute atomic E-state index is 14.6. The minimum absolute atomic E-state index is 0.0207. The van der Waals surface area contributed by atoms with E-state index in [1.165, 1.54) is 0 Å². The molecular weight excluding hydrogens is 427 g/mol. The van der Waals surface area contributed by atoms with Crippen LogP contribution in [-0.4, -0.2) is 79.2 Å². The topological polar surface area (TPSA) is 234 Å². The van der Waals surface area contributed by atoms with Gasteiger partial charge in [0.05, 0.1) is 6.33 Å². The van der Waals surface area contributed by atoms with Crippen LogP contribution >= 0.6 is 15.2 Å². The zero-order valence-electron chi connectivity index (χ0n) is 13.7. The van der Waals surface area contributed by atoms with Crippen LogP contribution in [-0.2, 0) is 13.9 Å². The fourth-order valence-corrected chi connectivity index (χ4v) is 5.69. The number of aliphatic hydroxyl groups is 2. The fourth-order valence-electron chi connectivity index (χ4n) is 2.99. The number of aromatic nitrogens is 4. The van der Waals surface area contributed by atoms with E-state index in [0.717, 1.165) is 17.2 Å². The number of fused-ring (bicyclic) bond motifs is 1. The van der Waals surface area contributed by atoms with Crippen molar-refractivity contribution in [2.24, 2.45) is 0 Å². The Morgan fingerprint density at radius 1 is 1.18 bits per heavy atom. The second-order valence-corrected chi connectivity index (χ2v) is 9.97. The molecule has 0 aromatic carbocycles. The molecule has 0 radical (unpaired) electrons. The standard InChI is InChI=1S/C11H16FN5O9P2/c12-3-5(18)10(17-2-16-4-8(13)14-1-15-9(4)17)26-7(3)6(19)11(27(20,21)22)28(23,24)25/h1-3,5-7,10-11,18-19H,(H2,13,14,15)(H2,20,21,22)(H2,23,24,25)/t3?,5?,6?,7-,10+/m0/s1. The number of aliphatic hydroxyl groups excluding tert-OH is 2. The third-order valence-corrected chi connectivity index (χ3v) is 8.02. The molecule has 5 atom stereocenters. The van der Waals surface area contributed by atoms with Crippen molar-refractivity contribution in [3.05, 3.63) is 12.7 Å². The predicted molar refractivity (Wildman–Crippen MR) is 88.4 cm³/mol. The number of ether oxygens (including phenoxy) is 1. The summed E-state index contributed by atoms with van der Waals surface area (Å²) < 4.78 is 43.7. The molecule has 0 aliphatic carbocycles. The van der Waals surface area contributed by atoms with Gasteiger partial charge < -0.3 is 40.3 Å². The van der Waals surface area contributed by atoms with Gasteiger partial charge in [0, 0.05) is 0 Å². The van der Waals surface area contributed by atoms with Crippen LogP contribution in [0.15, 0.2) is 12.7 Å². The Kier molecular flexibility index (Phi) is 5.34. The smallest absolute Gasteiger partial charge is 0.343 e. The normalized spacial score (nSPS) is 27.6. The number of alkyl halides is 1. The molecule has 1 aliphatic heterocycles. The first-order valence-electron chi connectivity index (χ1n) is 7.53. The predicted octanol–water partition coefficient (Wildman–Crippen LogP) is -1.95. The van der Waals surface area contributed by atoms with Crippen LogP contribution in [0.1, 0.15) is 6.23 Å². The molecule has 2 aromatic heterocycles. The first-order chi connectivity index (χ1) is 12.8. The van der Waals surface area contributed by atoms with Crippen molar-refractivity contribution >= 4 is 32.2 Å². The number of nitrogens with zero attached hydrogens (tertiary/aromatic N) is 4. The van der Waals surface area contributed by atoms with Gasteiger partial charge in [-0.25, -0.2) is 19.3 Å². The average molecular weight is 443 g/mol. The van der Waals surface area contributed by atoms with Gasteiger partial charge in [-0.3, -0.25) is 13.7 Å². The molecule has 3 unspecified atom stereocenters. The second-order valence-electron chi connectivity index (χ2n) is 6.09. The molecule has 2 aromatic rings. The third-order valence-electron chi connectivity index (χ3n) is 4.22. The lowest BCUT2D eigenvalue weighted by atomic mass is 10.1. The van der Waals surface area contributed by atoms with E-state index >= 15 is 0 Å². The number of hydrogen-bond acceptors (Lipinski definition) is 9. The summed E-state index contributed by atoms with van der Waals surface area (Å²) in [5.41, 5.74) is 5.75. The maximum atomic E-state index is 14.6. The second kappa shape index (κ2) is 7.06. The number of anilines is 1. The van der Waals surface area contributed by atoms with Crippen LogP contribution in [0.3, 0.4) is 0 Å². The van der Waals surface area contributed by atoms with Gasteiger partial charge in [0.25, 0.3) is 0 Å². The van der Waals surface area contributed by atoms with Crippen LogP contribution in [0.25, 0.3) is 11.2 Å². The van der Waals surface area contributed by atoms with Crippen molar-refractivity contribution in [3.63, 3.8) is 0 Å². The van der Waals surface area contributed by atoms with Gasteiger partial charge in [-0.15, -0.1) is 0 Å². The van der Waals surface area contributed by atoms with Crippen molar-refractivity contribution < 1.29 is 48.0 Å². The highest BCUT2D eigenvalue weighted by Gasteiger charge is 2.57. The lowest BCUT2D eigenvalue weighted by Gasteiger charge is -2.28. The number of imidazole rings is 1. The Hall–Kier alpha value is -1.54. The van der Waals surface area contributed by atoms with Gasteiger partial charge in [-0.1, -0.05) is 0 Å². The Bertz CT molecular complexity index is 957. The number of rotatable bonds is 5. The minimum atomic E-state index is -5.58. The number of halogens is 1. The van der Waals surface area contributed by atoms with Crippen LogP contribution in [0.5, 0.6) is 0 Å². The molecule has 0 saturated carbocycles. The summed E-state index contributed by atoms with van der Waals surface area (Å²) in [4.78, 5) is 48.2. The van der Waals surface area contributed by atoms with Gasteiger partial charge in [-0.05, 0) is 0 Å². The zero-order valence-corrected chi connectivity index (χ0v) is 15.5. The molecule has 3 heterocycles. The van der Waals surface area contributed by atoms with E-state index in [4.69, 9.17) is 10.5 Å². The molecule has 3 rings (SSSR count). The highest BCUT2D eigenvalue weighted by molar-refractivity contribution is 7.71. The summed E-state index contributed by atoms with van der Waals surface area (Å²) in [6.45, 7) is 0. The lowest BCUT2D eigenvalue weighted by Crippen LogP contribution is -2.42. The van der Waals surface area contributed by atoms with E-state index in [2.05, 4.69) is 15.0 Å². The van der Waals surface area contributed by atoms with Gasteiger partial charge in [-0.2, -0.15) is 0 Å². The molecule has 156 valence electrons. The number of hydrogen-bond donors (Lipinski definition) is 7. The Morgan fingerprint density at radius 2 is 1.79 bits per heavy atom. The van der Waals surface area contributed by atoms with Crippen LogP contribution in [0.2, 0.25) is 0 Å². The molecule has 17 heteroatoms. The summed E-state index contributed by atoms with van der Waals surface area (Å²) in [5.74, 6) is -0.0207. The van der Waals surface area contributed by atoms with E-state index in [-0.39, 0.29) is 17.0 Å². The SMILES string of the molecule is Nc1ncnc2c1ncn2[C@@H]1O[C@H](C(O)C(P(=O)(O)O)P(=O)(O)O)C(F)C1O. The van der Waals surface area contributed by atoms with E-state index < -0.39 is 51.3 Å². The Morgan fingerprint density at radius 3 is 2.36 bits per heavy atom. The highest BCUT2D eigenvalue weighted by atomic mass is 31.2. The summed E-state index contributed by atoms with van der Waals surface area (Å²) >= 11 is 0. The van der Waals surface area contributed by atoms with Crippen molar-refractivity contribution in [2.45, 2.75) is 36.1 Å². The quantitative estimate of drug-likeness (QED) is 0.249. The molecule has 1 aliphatic rings. The monoisotopic (exact) mass is 443 g/mol. The average Bonchev–Trinajstić information content (AvgIpc) is 3.08. The highest BCUT2D eigenvalue weighted by Crippen LogP contribution is 2.62. The number of nitrogens with two attached hydrogens (primary N) is 1. The minimum Gasteiger partial charge on any atom is -0.389 e. The summed E-state index contributed by atoms with van der Waals surface area (Å²) in [6, 6.07) is 0. The lowest BCUT2D eigenvalue weighted by molar-refractivity contribution is -0.0764. The van der Waals surface area contributed by atoms with E-state index in [1.807, 2.05) is 0 Å². The van der Waals surface area contributed by atoms with Crippen molar-refractivity contribution in [1.82, 2.24) is 19.5 Å². The first-order valence-corrected chi connectivity index (χ1v) is 10.9. The molecule has 0 amide bonds. The molecule has 0 spiro atoms. The maximum Gasteiger partial charge on any atom is 0.343 e. The van der Waals surface area contributed by atoms with Crippen LogP contribution < -0.4 is 5.73 Å². The Labute approximate surface area is 155 Å². The summed E-state index contributed by atoms with van der Waals surface area (Å²) in [6.07, 6.45) is -8.67. The molecule has 0 bridgehead atoms. The molecule has 28 heavy (non-hydrogen) atoms. The molecule has 8 N–H and O–H groups in total. The van der Waals surface area contributed by atoms with E-state index in [0.29, 0.717) is 0 Å². The Balaban J connectivity index is 1.97. The van der Waals surface area contributed by atoms with Crippen LogP contribution in [0, 0.1) is 0 Å². The van der Waals surface area contributed by atoms with Crippen LogP contribution in [0.4, 0.5) is 10.2 Å². The van der Waals surface area contributed by atoms with E-state index in [9.17, 15) is 43.3 Å². The zero-order chi connectivity index (χ0) is 21.0. The largest absolute Gasteiger partial charge is 0.389 e. The van der Waals surface area contributed by atoms with Crippen molar-refractivity contribution in [3.8, 4) is 0 Å². The molecule has 1 saturated heterocycles.